The van der Waals surface area contributed by atoms with Gasteiger partial charge < -0.3 is 9.64 Å². The molecule has 0 aromatic carbocycles. The van der Waals surface area contributed by atoms with Gasteiger partial charge in [0.25, 0.3) is 5.91 Å². The number of carbonyl (C=O) groups is 2. The normalized spacial score (nSPS) is 16.0. The first-order valence-electron chi connectivity index (χ1n) is 7.57. The van der Waals surface area contributed by atoms with Gasteiger partial charge in [0.2, 0.25) is 0 Å². The second kappa shape index (κ2) is 6.74. The van der Waals surface area contributed by atoms with Crippen molar-refractivity contribution in [1.29, 1.82) is 0 Å². The molecule has 1 aliphatic heterocycles. The van der Waals surface area contributed by atoms with Crippen molar-refractivity contribution in [1.82, 2.24) is 14.7 Å². The first kappa shape index (κ1) is 15.5. The predicted octanol–water partition coefficient (Wildman–Crippen LogP) is 1.63. The number of hydrogen-bond donors (Lipinski definition) is 0. The van der Waals surface area contributed by atoms with Gasteiger partial charge in [-0.2, -0.15) is 5.10 Å². The zero-order chi connectivity index (χ0) is 15.4. The molecule has 1 fully saturated rings. The summed E-state index contributed by atoms with van der Waals surface area (Å²) in [6.45, 7) is 7.94. The summed E-state index contributed by atoms with van der Waals surface area (Å²) in [6, 6.07) is 1.82. The fourth-order valence-electron chi connectivity index (χ4n) is 2.70. The van der Waals surface area contributed by atoms with E-state index in [4.69, 9.17) is 4.74 Å². The molecule has 0 spiro atoms. The highest BCUT2D eigenvalue weighted by Gasteiger charge is 2.29. The Morgan fingerprint density at radius 1 is 1.33 bits per heavy atom. The van der Waals surface area contributed by atoms with Crippen molar-refractivity contribution in [2.24, 2.45) is 5.92 Å². The SMILES string of the molecule is CCOC(=O)C1CCN(C(=O)c2cc(C)nn2CC)CC1. The van der Waals surface area contributed by atoms with Crippen LogP contribution in [0.25, 0.3) is 0 Å². The lowest BCUT2D eigenvalue weighted by Gasteiger charge is -2.30. The summed E-state index contributed by atoms with van der Waals surface area (Å²) < 4.78 is 6.78. The molecule has 1 saturated heterocycles. The van der Waals surface area contributed by atoms with Gasteiger partial charge >= 0.3 is 5.97 Å². The van der Waals surface area contributed by atoms with Crippen LogP contribution in [-0.4, -0.2) is 46.3 Å². The predicted molar refractivity (Wildman–Crippen MR) is 77.9 cm³/mol. The lowest BCUT2D eigenvalue weighted by Crippen LogP contribution is -2.41. The van der Waals surface area contributed by atoms with Crippen LogP contribution in [0.1, 0.15) is 42.9 Å². The molecule has 0 aliphatic carbocycles. The third kappa shape index (κ3) is 3.43. The van der Waals surface area contributed by atoms with Crippen LogP contribution < -0.4 is 0 Å². The number of ether oxygens (including phenoxy) is 1. The highest BCUT2D eigenvalue weighted by Crippen LogP contribution is 2.20. The molecule has 0 atom stereocenters. The standard InChI is InChI=1S/C15H23N3O3/c1-4-18-13(10-11(3)16-18)14(19)17-8-6-12(7-9-17)15(20)21-5-2/h10,12H,4-9H2,1-3H3. The number of piperidine rings is 1. The number of aryl methyl sites for hydroxylation is 2. The third-order valence-corrected chi connectivity index (χ3v) is 3.82. The number of likely N-dealkylation sites (tertiary alicyclic amines) is 1. The van der Waals surface area contributed by atoms with Crippen molar-refractivity contribution in [2.75, 3.05) is 19.7 Å². The Morgan fingerprint density at radius 3 is 2.57 bits per heavy atom. The van der Waals surface area contributed by atoms with E-state index >= 15 is 0 Å². The molecule has 1 aromatic rings. The van der Waals surface area contributed by atoms with Gasteiger partial charge in [-0.1, -0.05) is 0 Å². The summed E-state index contributed by atoms with van der Waals surface area (Å²) in [5.74, 6) is -0.217. The molecule has 2 rings (SSSR count). The smallest absolute Gasteiger partial charge is 0.309 e. The summed E-state index contributed by atoms with van der Waals surface area (Å²) in [4.78, 5) is 26.1. The highest BCUT2D eigenvalue weighted by atomic mass is 16.5. The minimum Gasteiger partial charge on any atom is -0.466 e. The molecule has 1 aliphatic rings. The molecule has 0 N–H and O–H groups in total. The van der Waals surface area contributed by atoms with E-state index in [1.807, 2.05) is 26.8 Å². The number of aromatic nitrogens is 2. The third-order valence-electron chi connectivity index (χ3n) is 3.82. The van der Waals surface area contributed by atoms with Crippen LogP contribution >= 0.6 is 0 Å². The summed E-state index contributed by atoms with van der Waals surface area (Å²) in [6.07, 6.45) is 1.34. The van der Waals surface area contributed by atoms with Crippen molar-refractivity contribution in [3.8, 4) is 0 Å². The van der Waals surface area contributed by atoms with Gasteiger partial charge in [-0.3, -0.25) is 14.3 Å². The molecule has 21 heavy (non-hydrogen) atoms. The number of esters is 1. The zero-order valence-electron chi connectivity index (χ0n) is 13.0. The number of nitrogens with zero attached hydrogens (tertiary/aromatic N) is 3. The van der Waals surface area contributed by atoms with E-state index in [9.17, 15) is 9.59 Å². The van der Waals surface area contributed by atoms with Crippen molar-refractivity contribution < 1.29 is 14.3 Å². The van der Waals surface area contributed by atoms with E-state index in [2.05, 4.69) is 5.10 Å². The van der Waals surface area contributed by atoms with Crippen LogP contribution in [0.4, 0.5) is 0 Å². The monoisotopic (exact) mass is 293 g/mol. The Labute approximate surface area is 125 Å². The Bertz CT molecular complexity index is 516. The molecule has 1 amide bonds. The molecule has 6 nitrogen and oxygen atoms in total. The van der Waals surface area contributed by atoms with Crippen LogP contribution in [0.3, 0.4) is 0 Å². The first-order valence-corrected chi connectivity index (χ1v) is 7.57. The van der Waals surface area contributed by atoms with E-state index in [-0.39, 0.29) is 17.8 Å². The van der Waals surface area contributed by atoms with Crippen LogP contribution in [-0.2, 0) is 16.1 Å². The maximum Gasteiger partial charge on any atom is 0.309 e. The molecule has 6 heteroatoms. The molecule has 1 aromatic heterocycles. The Morgan fingerprint density at radius 2 is 2.00 bits per heavy atom. The minimum atomic E-state index is -0.140. The molecular formula is C15H23N3O3. The Hall–Kier alpha value is -1.85. The summed E-state index contributed by atoms with van der Waals surface area (Å²) in [5.41, 5.74) is 1.48. The summed E-state index contributed by atoms with van der Waals surface area (Å²) >= 11 is 0. The molecule has 2 heterocycles. The van der Waals surface area contributed by atoms with E-state index in [1.165, 1.54) is 0 Å². The summed E-state index contributed by atoms with van der Waals surface area (Å²) in [7, 11) is 0. The Balaban J connectivity index is 1.98. The molecule has 116 valence electrons. The van der Waals surface area contributed by atoms with Crippen LogP contribution in [0.5, 0.6) is 0 Å². The fourth-order valence-corrected chi connectivity index (χ4v) is 2.70. The number of hydrogen-bond acceptors (Lipinski definition) is 4. The largest absolute Gasteiger partial charge is 0.466 e. The maximum atomic E-state index is 12.5. The van der Waals surface area contributed by atoms with Gasteiger partial charge in [-0.15, -0.1) is 0 Å². The van der Waals surface area contributed by atoms with Crippen molar-refractivity contribution in [2.45, 2.75) is 40.2 Å². The quantitative estimate of drug-likeness (QED) is 0.791. The second-order valence-electron chi connectivity index (χ2n) is 5.31. The van der Waals surface area contributed by atoms with Crippen molar-refractivity contribution in [3.05, 3.63) is 17.5 Å². The number of rotatable bonds is 4. The van der Waals surface area contributed by atoms with Crippen molar-refractivity contribution in [3.63, 3.8) is 0 Å². The number of carbonyl (C=O) groups excluding carboxylic acids is 2. The van der Waals surface area contributed by atoms with Crippen LogP contribution in [0, 0.1) is 12.8 Å². The average Bonchev–Trinajstić information content (AvgIpc) is 2.88. The van der Waals surface area contributed by atoms with Crippen LogP contribution in [0.2, 0.25) is 0 Å². The van der Waals surface area contributed by atoms with Gasteiger partial charge in [0.15, 0.2) is 0 Å². The molecule has 0 saturated carbocycles. The van der Waals surface area contributed by atoms with E-state index in [0.717, 1.165) is 5.69 Å². The van der Waals surface area contributed by atoms with Gasteiger partial charge in [0.05, 0.1) is 18.2 Å². The fraction of sp³-hybridized carbons (Fsp3) is 0.667. The lowest BCUT2D eigenvalue weighted by atomic mass is 9.97. The van der Waals surface area contributed by atoms with Crippen LogP contribution in [0.15, 0.2) is 6.07 Å². The molecule has 0 unspecified atom stereocenters. The first-order chi connectivity index (χ1) is 10.1. The molecule has 0 radical (unpaired) electrons. The zero-order valence-corrected chi connectivity index (χ0v) is 13.0. The van der Waals surface area contributed by atoms with Gasteiger partial charge in [0.1, 0.15) is 5.69 Å². The summed E-state index contributed by atoms with van der Waals surface area (Å²) in [5, 5.41) is 4.31. The van der Waals surface area contributed by atoms with Gasteiger partial charge in [-0.05, 0) is 39.7 Å². The Kier molecular flexibility index (Phi) is 4.98. The topological polar surface area (TPSA) is 64.4 Å². The average molecular weight is 293 g/mol. The van der Waals surface area contributed by atoms with E-state index < -0.39 is 0 Å². The van der Waals surface area contributed by atoms with Gasteiger partial charge in [-0.25, -0.2) is 0 Å². The van der Waals surface area contributed by atoms with Gasteiger partial charge in [0, 0.05) is 19.6 Å². The van der Waals surface area contributed by atoms with E-state index in [1.54, 1.807) is 9.58 Å². The second-order valence-corrected chi connectivity index (χ2v) is 5.31. The lowest BCUT2D eigenvalue weighted by molar-refractivity contribution is -0.149. The molecular weight excluding hydrogens is 270 g/mol. The number of amides is 1. The maximum absolute atomic E-state index is 12.5. The molecule has 0 bridgehead atoms. The highest BCUT2D eigenvalue weighted by molar-refractivity contribution is 5.93. The van der Waals surface area contributed by atoms with E-state index in [0.29, 0.717) is 44.8 Å². The minimum absolute atomic E-state index is 0.000223. The van der Waals surface area contributed by atoms with Crippen molar-refractivity contribution >= 4 is 11.9 Å².